The summed E-state index contributed by atoms with van der Waals surface area (Å²) in [5.74, 6) is -1.33. The van der Waals surface area contributed by atoms with Gasteiger partial charge in [0, 0.05) is 12.6 Å². The second-order valence-corrected chi connectivity index (χ2v) is 4.06. The Kier molecular flexibility index (Phi) is 4.19. The zero-order chi connectivity index (χ0) is 12.1. The number of nitrogens with one attached hydrogen (secondary N) is 1. The molecule has 0 atom stereocenters. The van der Waals surface area contributed by atoms with Crippen LogP contribution < -0.4 is 5.32 Å². The van der Waals surface area contributed by atoms with Crippen LogP contribution in [-0.2, 0) is 9.59 Å². The Labute approximate surface area is 96.5 Å². The van der Waals surface area contributed by atoms with Gasteiger partial charge in [-0.25, -0.2) is 0 Å². The summed E-state index contributed by atoms with van der Waals surface area (Å²) in [4.78, 5) is 21.6. The summed E-state index contributed by atoms with van der Waals surface area (Å²) in [6, 6.07) is 4.49. The van der Waals surface area contributed by atoms with Crippen molar-refractivity contribution in [1.82, 2.24) is 0 Å². The minimum absolute atomic E-state index is 0.000326. The molecule has 1 aromatic carbocycles. The number of benzene rings is 1. The Bertz CT molecular complexity index is 419. The van der Waals surface area contributed by atoms with Gasteiger partial charge in [0.15, 0.2) is 0 Å². The number of hydrogen-bond acceptors (Lipinski definition) is 4. The van der Waals surface area contributed by atoms with Crippen molar-refractivity contribution in [3.05, 3.63) is 18.2 Å². The third-order valence-corrected chi connectivity index (χ3v) is 2.66. The van der Waals surface area contributed by atoms with Gasteiger partial charge in [0.2, 0.25) is 5.91 Å². The van der Waals surface area contributed by atoms with E-state index in [1.807, 2.05) is 0 Å². The lowest BCUT2D eigenvalue weighted by atomic mass is 10.3. The lowest BCUT2D eigenvalue weighted by Crippen LogP contribution is -2.05. The van der Waals surface area contributed by atoms with E-state index in [0.29, 0.717) is 10.6 Å². The van der Waals surface area contributed by atoms with Crippen molar-refractivity contribution in [3.63, 3.8) is 0 Å². The van der Waals surface area contributed by atoms with Crippen molar-refractivity contribution < 1.29 is 19.8 Å². The largest absolute Gasteiger partial charge is 0.507 e. The Morgan fingerprint density at radius 2 is 2.12 bits per heavy atom. The average Bonchev–Trinajstić information content (AvgIpc) is 2.18. The molecule has 0 heterocycles. The van der Waals surface area contributed by atoms with Crippen molar-refractivity contribution >= 4 is 29.3 Å². The fourth-order valence-corrected chi connectivity index (χ4v) is 1.76. The van der Waals surface area contributed by atoms with Crippen molar-refractivity contribution in [2.45, 2.75) is 11.8 Å². The van der Waals surface area contributed by atoms with Crippen LogP contribution in [0.2, 0.25) is 0 Å². The molecule has 6 heteroatoms. The van der Waals surface area contributed by atoms with Gasteiger partial charge in [0.1, 0.15) is 5.75 Å². The van der Waals surface area contributed by atoms with Crippen LogP contribution in [0.5, 0.6) is 5.75 Å². The topological polar surface area (TPSA) is 86.6 Å². The van der Waals surface area contributed by atoms with E-state index in [9.17, 15) is 14.7 Å². The molecule has 0 radical (unpaired) electrons. The van der Waals surface area contributed by atoms with Crippen LogP contribution >= 0.6 is 11.8 Å². The molecule has 0 aliphatic carbocycles. The van der Waals surface area contributed by atoms with Crippen molar-refractivity contribution in [1.29, 1.82) is 0 Å². The van der Waals surface area contributed by atoms with Gasteiger partial charge < -0.3 is 15.5 Å². The zero-order valence-electron chi connectivity index (χ0n) is 8.56. The van der Waals surface area contributed by atoms with Crippen LogP contribution in [0.4, 0.5) is 5.69 Å². The predicted octanol–water partition coefficient (Wildman–Crippen LogP) is 1.53. The van der Waals surface area contributed by atoms with E-state index in [1.165, 1.54) is 19.1 Å². The number of thioether (sulfide) groups is 1. The number of amides is 1. The fraction of sp³-hybridized carbons (Fsp3) is 0.200. The number of aliphatic carboxylic acids is 1. The normalized spacial score (nSPS) is 9.81. The highest BCUT2D eigenvalue weighted by molar-refractivity contribution is 8.00. The molecule has 0 saturated carbocycles. The first-order valence-electron chi connectivity index (χ1n) is 4.44. The molecule has 1 amide bonds. The standard InChI is InChI=1S/C10H11NO4S/c1-6(12)11-7-2-3-8(13)9(4-7)16-5-10(14)15/h2-4,13H,5H2,1H3,(H,11,12)(H,14,15). The SMILES string of the molecule is CC(=O)Nc1ccc(O)c(SCC(=O)O)c1. The van der Waals surface area contributed by atoms with E-state index in [1.54, 1.807) is 6.07 Å². The minimum atomic E-state index is -0.964. The van der Waals surface area contributed by atoms with Gasteiger partial charge in [-0.2, -0.15) is 0 Å². The maximum Gasteiger partial charge on any atom is 0.313 e. The van der Waals surface area contributed by atoms with Crippen molar-refractivity contribution in [3.8, 4) is 5.75 Å². The molecule has 0 saturated heterocycles. The molecule has 16 heavy (non-hydrogen) atoms. The van der Waals surface area contributed by atoms with E-state index >= 15 is 0 Å². The number of carbonyl (C=O) groups is 2. The summed E-state index contributed by atoms with van der Waals surface area (Å²) in [5.41, 5.74) is 0.526. The number of carboxylic acids is 1. The van der Waals surface area contributed by atoms with Crippen LogP contribution in [0.15, 0.2) is 23.1 Å². The minimum Gasteiger partial charge on any atom is -0.507 e. The second-order valence-electron chi connectivity index (χ2n) is 3.05. The number of carbonyl (C=O) groups excluding carboxylic acids is 1. The second kappa shape index (κ2) is 5.41. The highest BCUT2D eigenvalue weighted by Crippen LogP contribution is 2.30. The first kappa shape index (κ1) is 12.4. The number of anilines is 1. The average molecular weight is 241 g/mol. The fourth-order valence-electron chi connectivity index (χ4n) is 1.05. The van der Waals surface area contributed by atoms with Crippen LogP contribution in [0.25, 0.3) is 0 Å². The van der Waals surface area contributed by atoms with Gasteiger partial charge in [-0.1, -0.05) is 0 Å². The lowest BCUT2D eigenvalue weighted by Gasteiger charge is -2.06. The maximum atomic E-state index is 10.8. The molecule has 0 aliphatic rings. The molecule has 0 unspecified atom stereocenters. The van der Waals surface area contributed by atoms with E-state index < -0.39 is 5.97 Å². The Morgan fingerprint density at radius 3 is 2.69 bits per heavy atom. The maximum absolute atomic E-state index is 10.8. The molecule has 0 bridgehead atoms. The number of rotatable bonds is 4. The first-order chi connectivity index (χ1) is 7.49. The highest BCUT2D eigenvalue weighted by Gasteiger charge is 2.06. The van der Waals surface area contributed by atoms with Gasteiger partial charge in [0.25, 0.3) is 0 Å². The molecule has 0 aromatic heterocycles. The number of carboxylic acid groups (broad SMARTS) is 1. The lowest BCUT2D eigenvalue weighted by molar-refractivity contribution is -0.133. The zero-order valence-corrected chi connectivity index (χ0v) is 9.37. The summed E-state index contributed by atoms with van der Waals surface area (Å²) in [5, 5.41) is 20.5. The summed E-state index contributed by atoms with van der Waals surface area (Å²) in [7, 11) is 0. The van der Waals surface area contributed by atoms with Crippen LogP contribution in [-0.4, -0.2) is 27.8 Å². The molecule has 0 aliphatic heterocycles. The molecule has 5 nitrogen and oxygen atoms in total. The Balaban J connectivity index is 2.81. The first-order valence-corrected chi connectivity index (χ1v) is 5.43. The molecule has 1 aromatic rings. The number of hydrogen-bond donors (Lipinski definition) is 3. The number of phenolic OH excluding ortho intramolecular Hbond substituents is 1. The van der Waals surface area contributed by atoms with Gasteiger partial charge in [-0.3, -0.25) is 9.59 Å². The predicted molar refractivity (Wildman–Crippen MR) is 60.8 cm³/mol. The van der Waals surface area contributed by atoms with E-state index in [-0.39, 0.29) is 17.4 Å². The third kappa shape index (κ3) is 3.82. The smallest absolute Gasteiger partial charge is 0.313 e. The molecular weight excluding hydrogens is 230 g/mol. The van der Waals surface area contributed by atoms with Crippen molar-refractivity contribution in [2.75, 3.05) is 11.1 Å². The quantitative estimate of drug-likeness (QED) is 0.549. The molecule has 86 valence electrons. The summed E-state index contributed by atoms with van der Waals surface area (Å²) >= 11 is 0.996. The van der Waals surface area contributed by atoms with Gasteiger partial charge >= 0.3 is 5.97 Å². The molecule has 0 spiro atoms. The highest BCUT2D eigenvalue weighted by atomic mass is 32.2. The monoisotopic (exact) mass is 241 g/mol. The molecule has 1 rings (SSSR count). The van der Waals surface area contributed by atoms with Crippen LogP contribution in [0, 0.1) is 0 Å². The van der Waals surface area contributed by atoms with Crippen LogP contribution in [0.3, 0.4) is 0 Å². The van der Waals surface area contributed by atoms with Gasteiger partial charge in [-0.15, -0.1) is 11.8 Å². The summed E-state index contributed by atoms with van der Waals surface area (Å²) in [6.45, 7) is 1.37. The summed E-state index contributed by atoms with van der Waals surface area (Å²) in [6.07, 6.45) is 0. The molecule has 0 fully saturated rings. The van der Waals surface area contributed by atoms with E-state index in [2.05, 4.69) is 5.32 Å². The van der Waals surface area contributed by atoms with Crippen molar-refractivity contribution in [2.24, 2.45) is 0 Å². The molecular formula is C10H11NO4S. The number of aromatic hydroxyl groups is 1. The Hall–Kier alpha value is -1.69. The van der Waals surface area contributed by atoms with E-state index in [0.717, 1.165) is 11.8 Å². The van der Waals surface area contributed by atoms with Crippen LogP contribution in [0.1, 0.15) is 6.92 Å². The molecule has 3 N–H and O–H groups in total. The third-order valence-electron chi connectivity index (χ3n) is 1.63. The number of phenols is 1. The summed E-state index contributed by atoms with van der Waals surface area (Å²) < 4.78 is 0. The van der Waals surface area contributed by atoms with Gasteiger partial charge in [0.05, 0.1) is 10.6 Å². The van der Waals surface area contributed by atoms with Gasteiger partial charge in [-0.05, 0) is 18.2 Å². The van der Waals surface area contributed by atoms with E-state index in [4.69, 9.17) is 5.11 Å². The Morgan fingerprint density at radius 1 is 1.44 bits per heavy atom.